The summed E-state index contributed by atoms with van der Waals surface area (Å²) in [7, 11) is 0. The van der Waals surface area contributed by atoms with Crippen molar-refractivity contribution in [1.29, 1.82) is 5.26 Å². The minimum atomic E-state index is -0.895. The molecule has 1 fully saturated rings. The SMILES string of the molecule is CC1CC(C#N)(C(=O)Nc2cc(Cl)cc(Cl)c2)C1. The molecule has 1 aliphatic carbocycles. The summed E-state index contributed by atoms with van der Waals surface area (Å²) in [6, 6.07) is 6.92. The van der Waals surface area contributed by atoms with Gasteiger partial charge in [-0.2, -0.15) is 5.26 Å². The molecule has 1 aromatic carbocycles. The summed E-state index contributed by atoms with van der Waals surface area (Å²) in [4.78, 5) is 12.1. The highest BCUT2D eigenvalue weighted by Gasteiger charge is 2.48. The van der Waals surface area contributed by atoms with Gasteiger partial charge in [0, 0.05) is 15.7 Å². The van der Waals surface area contributed by atoms with Gasteiger partial charge in [0.2, 0.25) is 5.91 Å². The third-order valence-corrected chi connectivity index (χ3v) is 3.60. The molecule has 1 aliphatic rings. The molecule has 0 bridgehead atoms. The number of amides is 1. The number of hydrogen-bond acceptors (Lipinski definition) is 2. The Hall–Kier alpha value is -1.24. The molecule has 0 spiro atoms. The Morgan fingerprint density at radius 2 is 1.94 bits per heavy atom. The second kappa shape index (κ2) is 4.79. The summed E-state index contributed by atoms with van der Waals surface area (Å²) in [6.07, 6.45) is 1.20. The van der Waals surface area contributed by atoms with Gasteiger partial charge >= 0.3 is 0 Å². The fourth-order valence-corrected chi connectivity index (χ4v) is 2.86. The number of benzene rings is 1. The van der Waals surface area contributed by atoms with Crippen molar-refractivity contribution in [3.8, 4) is 6.07 Å². The number of anilines is 1. The largest absolute Gasteiger partial charge is 0.325 e. The van der Waals surface area contributed by atoms with Gasteiger partial charge in [0.25, 0.3) is 0 Å². The minimum absolute atomic E-state index is 0.276. The summed E-state index contributed by atoms with van der Waals surface area (Å²) in [5, 5.41) is 12.8. The lowest BCUT2D eigenvalue weighted by molar-refractivity contribution is -0.128. The Morgan fingerprint density at radius 1 is 1.39 bits per heavy atom. The third-order valence-electron chi connectivity index (χ3n) is 3.16. The Kier molecular flexibility index (Phi) is 3.52. The van der Waals surface area contributed by atoms with E-state index in [2.05, 4.69) is 11.4 Å². The zero-order chi connectivity index (χ0) is 13.3. The van der Waals surface area contributed by atoms with Crippen molar-refractivity contribution < 1.29 is 4.79 Å². The number of nitrogens with one attached hydrogen (secondary N) is 1. The van der Waals surface area contributed by atoms with E-state index in [1.54, 1.807) is 18.2 Å². The third kappa shape index (κ3) is 2.45. The van der Waals surface area contributed by atoms with Crippen molar-refractivity contribution in [2.45, 2.75) is 19.8 Å². The number of rotatable bonds is 2. The molecule has 1 N–H and O–H groups in total. The Balaban J connectivity index is 2.14. The molecular formula is C13H12Cl2N2O. The van der Waals surface area contributed by atoms with Crippen molar-refractivity contribution >= 4 is 34.8 Å². The first-order chi connectivity index (χ1) is 8.45. The summed E-state index contributed by atoms with van der Waals surface area (Å²) in [5.74, 6) is 0.139. The lowest BCUT2D eigenvalue weighted by atomic mass is 9.63. The van der Waals surface area contributed by atoms with Crippen LogP contribution in [0.5, 0.6) is 0 Å². The molecule has 2 rings (SSSR count). The van der Waals surface area contributed by atoms with Crippen LogP contribution in [0, 0.1) is 22.7 Å². The van der Waals surface area contributed by atoms with E-state index in [1.807, 2.05) is 6.92 Å². The first-order valence-electron chi connectivity index (χ1n) is 5.64. The van der Waals surface area contributed by atoms with E-state index < -0.39 is 5.41 Å². The number of carbonyl (C=O) groups is 1. The van der Waals surface area contributed by atoms with Gasteiger partial charge in [0.05, 0.1) is 6.07 Å². The van der Waals surface area contributed by atoms with E-state index in [1.165, 1.54) is 0 Å². The molecule has 0 radical (unpaired) electrons. The molecule has 1 saturated carbocycles. The predicted molar refractivity (Wildman–Crippen MR) is 71.5 cm³/mol. The number of nitriles is 1. The molecule has 0 aromatic heterocycles. The van der Waals surface area contributed by atoms with Crippen molar-refractivity contribution in [3.63, 3.8) is 0 Å². The first-order valence-corrected chi connectivity index (χ1v) is 6.39. The summed E-state index contributed by atoms with van der Waals surface area (Å²) < 4.78 is 0. The Morgan fingerprint density at radius 3 is 2.39 bits per heavy atom. The van der Waals surface area contributed by atoms with Crippen LogP contribution in [-0.2, 0) is 4.79 Å². The first kappa shape index (κ1) is 13.2. The molecule has 5 heteroatoms. The van der Waals surface area contributed by atoms with E-state index in [4.69, 9.17) is 28.5 Å². The maximum atomic E-state index is 12.1. The Labute approximate surface area is 116 Å². The average Bonchev–Trinajstić information content (AvgIpc) is 2.22. The van der Waals surface area contributed by atoms with Crippen LogP contribution in [0.4, 0.5) is 5.69 Å². The normalized spacial score (nSPS) is 26.0. The van der Waals surface area contributed by atoms with E-state index in [-0.39, 0.29) is 5.91 Å². The van der Waals surface area contributed by atoms with Crippen molar-refractivity contribution in [3.05, 3.63) is 28.2 Å². The maximum Gasteiger partial charge on any atom is 0.244 e. The molecule has 94 valence electrons. The highest BCUT2D eigenvalue weighted by molar-refractivity contribution is 6.35. The van der Waals surface area contributed by atoms with Gasteiger partial charge in [0.1, 0.15) is 5.41 Å². The second-order valence-electron chi connectivity index (χ2n) is 4.82. The fourth-order valence-electron chi connectivity index (χ4n) is 2.33. The lowest BCUT2D eigenvalue weighted by Gasteiger charge is -2.39. The molecule has 0 aliphatic heterocycles. The molecule has 1 aromatic rings. The van der Waals surface area contributed by atoms with Gasteiger partial charge < -0.3 is 5.32 Å². The van der Waals surface area contributed by atoms with Crippen LogP contribution in [-0.4, -0.2) is 5.91 Å². The minimum Gasteiger partial charge on any atom is -0.325 e. The number of nitrogens with zero attached hydrogens (tertiary/aromatic N) is 1. The van der Waals surface area contributed by atoms with Gasteiger partial charge in [-0.1, -0.05) is 30.1 Å². The molecule has 0 heterocycles. The van der Waals surface area contributed by atoms with Crippen molar-refractivity contribution in [2.75, 3.05) is 5.32 Å². The van der Waals surface area contributed by atoms with Gasteiger partial charge in [-0.25, -0.2) is 0 Å². The number of hydrogen-bond donors (Lipinski definition) is 1. The molecular weight excluding hydrogens is 271 g/mol. The highest BCUT2D eigenvalue weighted by atomic mass is 35.5. The topological polar surface area (TPSA) is 52.9 Å². The average molecular weight is 283 g/mol. The lowest BCUT2D eigenvalue weighted by Crippen LogP contribution is -2.45. The van der Waals surface area contributed by atoms with E-state index in [0.717, 1.165) is 0 Å². The van der Waals surface area contributed by atoms with Crippen LogP contribution in [0.25, 0.3) is 0 Å². The van der Waals surface area contributed by atoms with Gasteiger partial charge in [-0.05, 0) is 37.0 Å². The van der Waals surface area contributed by atoms with E-state index in [0.29, 0.717) is 34.5 Å². The zero-order valence-electron chi connectivity index (χ0n) is 9.84. The smallest absolute Gasteiger partial charge is 0.244 e. The van der Waals surface area contributed by atoms with Crippen molar-refractivity contribution in [1.82, 2.24) is 0 Å². The molecule has 1 amide bonds. The molecule has 18 heavy (non-hydrogen) atoms. The van der Waals surface area contributed by atoms with Gasteiger partial charge in [0.15, 0.2) is 0 Å². The van der Waals surface area contributed by atoms with Crippen LogP contribution in [0.3, 0.4) is 0 Å². The monoisotopic (exact) mass is 282 g/mol. The quantitative estimate of drug-likeness (QED) is 0.895. The Bertz CT molecular complexity index is 510. The zero-order valence-corrected chi connectivity index (χ0v) is 11.3. The van der Waals surface area contributed by atoms with Crippen LogP contribution < -0.4 is 5.32 Å². The van der Waals surface area contributed by atoms with Crippen molar-refractivity contribution in [2.24, 2.45) is 11.3 Å². The molecule has 3 nitrogen and oxygen atoms in total. The summed E-state index contributed by atoms with van der Waals surface area (Å²) >= 11 is 11.7. The van der Waals surface area contributed by atoms with Crippen LogP contribution in [0.15, 0.2) is 18.2 Å². The van der Waals surface area contributed by atoms with Gasteiger partial charge in [-0.15, -0.1) is 0 Å². The number of halogens is 2. The van der Waals surface area contributed by atoms with Crippen LogP contribution in [0.2, 0.25) is 10.0 Å². The molecule has 0 unspecified atom stereocenters. The summed E-state index contributed by atoms with van der Waals surface area (Å²) in [6.45, 7) is 2.03. The van der Waals surface area contributed by atoms with Crippen LogP contribution in [0.1, 0.15) is 19.8 Å². The maximum absolute atomic E-state index is 12.1. The van der Waals surface area contributed by atoms with E-state index in [9.17, 15) is 4.79 Å². The fraction of sp³-hybridized carbons (Fsp3) is 0.385. The predicted octanol–water partition coefficient (Wildman–Crippen LogP) is 3.87. The molecule has 0 atom stereocenters. The second-order valence-corrected chi connectivity index (χ2v) is 5.69. The van der Waals surface area contributed by atoms with Gasteiger partial charge in [-0.3, -0.25) is 4.79 Å². The molecule has 0 saturated heterocycles. The number of carbonyl (C=O) groups excluding carboxylic acids is 1. The highest BCUT2D eigenvalue weighted by Crippen LogP contribution is 2.45. The summed E-state index contributed by atoms with van der Waals surface area (Å²) in [5.41, 5.74) is -0.375. The van der Waals surface area contributed by atoms with E-state index >= 15 is 0 Å². The van der Waals surface area contributed by atoms with Crippen LogP contribution >= 0.6 is 23.2 Å². The standard InChI is InChI=1S/C13H12Cl2N2O/c1-8-5-13(6-8,7-16)12(18)17-11-3-9(14)2-10(15)4-11/h2-4,8H,5-6H2,1H3,(H,17,18).